The van der Waals surface area contributed by atoms with Crippen molar-refractivity contribution in [2.24, 2.45) is 0 Å². The summed E-state index contributed by atoms with van der Waals surface area (Å²) in [5.74, 6) is 0. The average molecular weight is 436 g/mol. The van der Waals surface area contributed by atoms with Gasteiger partial charge >= 0.3 is 34.2 Å². The predicted octanol–water partition coefficient (Wildman–Crippen LogP) is 6.59. The lowest BCUT2D eigenvalue weighted by Crippen LogP contribution is -2.64. The summed E-state index contributed by atoms with van der Waals surface area (Å²) >= 11 is 0. The first-order chi connectivity index (χ1) is 11.9. The highest BCUT2D eigenvalue weighted by molar-refractivity contribution is 6.93. The molecule has 0 aromatic rings. The molecule has 1 saturated heterocycles. The molecule has 1 radical (unpaired) electrons. The SMILES string of the molecule is [CH2]CCCCCCCCCC[Si]1(C)O[Si](C)(C)O[Si](C)(C)O[Si](C)(C)O1. The minimum Gasteiger partial charge on any atom is -0.416 e. The second-order valence-electron chi connectivity index (χ2n) is 9.17. The lowest BCUT2D eigenvalue weighted by atomic mass is 10.1. The number of rotatable bonds is 10. The van der Waals surface area contributed by atoms with Gasteiger partial charge in [0.1, 0.15) is 0 Å². The van der Waals surface area contributed by atoms with Crippen molar-refractivity contribution in [3.63, 3.8) is 0 Å². The third-order valence-corrected chi connectivity index (χ3v) is 21.1. The van der Waals surface area contributed by atoms with Gasteiger partial charge in [-0.05, 0) is 51.9 Å². The summed E-state index contributed by atoms with van der Waals surface area (Å²) in [5.41, 5.74) is 0. The van der Waals surface area contributed by atoms with Gasteiger partial charge in [0.25, 0.3) is 0 Å². The van der Waals surface area contributed by atoms with Crippen LogP contribution in [-0.2, 0) is 16.5 Å². The highest BCUT2D eigenvalue weighted by atomic mass is 28.5. The molecule has 4 nitrogen and oxygen atoms in total. The number of hydrogen-bond acceptors (Lipinski definition) is 4. The van der Waals surface area contributed by atoms with Crippen LogP contribution in [0.25, 0.3) is 0 Å². The van der Waals surface area contributed by atoms with Gasteiger partial charge in [0, 0.05) is 0 Å². The molecule has 0 saturated carbocycles. The molecule has 155 valence electrons. The molecule has 1 rings (SSSR count). The van der Waals surface area contributed by atoms with E-state index in [0.717, 1.165) is 12.5 Å². The van der Waals surface area contributed by atoms with Gasteiger partial charge in [-0.15, -0.1) is 0 Å². The maximum absolute atomic E-state index is 6.63. The normalized spacial score (nSPS) is 24.0. The van der Waals surface area contributed by atoms with Crippen molar-refractivity contribution in [1.29, 1.82) is 0 Å². The standard InChI is InChI=1S/C18H43O4Si4/c1-9-10-11-12-13-14-15-16-17-18-26(8)21-24(4,5)19-23(2,3)20-25(6,7)22-26/h1,9-18H2,2-8H3. The van der Waals surface area contributed by atoms with Crippen LogP contribution in [0.2, 0.25) is 51.9 Å². The zero-order chi connectivity index (χ0) is 19.9. The lowest BCUT2D eigenvalue weighted by molar-refractivity contribution is 0.233. The van der Waals surface area contributed by atoms with Crippen molar-refractivity contribution >= 4 is 34.2 Å². The van der Waals surface area contributed by atoms with Gasteiger partial charge in [-0.1, -0.05) is 64.7 Å². The minimum atomic E-state index is -2.25. The van der Waals surface area contributed by atoms with E-state index in [2.05, 4.69) is 52.8 Å². The van der Waals surface area contributed by atoms with Crippen LogP contribution < -0.4 is 0 Å². The van der Waals surface area contributed by atoms with Crippen molar-refractivity contribution in [2.75, 3.05) is 0 Å². The molecular formula is C18H43O4Si4. The van der Waals surface area contributed by atoms with Crippen LogP contribution in [0.4, 0.5) is 0 Å². The molecule has 8 heteroatoms. The van der Waals surface area contributed by atoms with E-state index in [1.54, 1.807) is 0 Å². The van der Waals surface area contributed by atoms with Crippen LogP contribution in [0.3, 0.4) is 0 Å². The summed E-state index contributed by atoms with van der Waals surface area (Å²) < 4.78 is 26.1. The lowest BCUT2D eigenvalue weighted by Gasteiger charge is -2.47. The smallest absolute Gasteiger partial charge is 0.317 e. The second kappa shape index (κ2) is 10.5. The Bertz CT molecular complexity index is 394. The van der Waals surface area contributed by atoms with E-state index in [9.17, 15) is 0 Å². The van der Waals surface area contributed by atoms with E-state index in [-0.39, 0.29) is 0 Å². The van der Waals surface area contributed by atoms with Crippen molar-refractivity contribution in [2.45, 2.75) is 110 Å². The Labute approximate surface area is 167 Å². The van der Waals surface area contributed by atoms with Crippen LogP contribution >= 0.6 is 0 Å². The summed E-state index contributed by atoms with van der Waals surface area (Å²) in [5, 5.41) is 0. The Hall–Kier alpha value is 0.708. The van der Waals surface area contributed by atoms with Gasteiger partial charge < -0.3 is 16.5 Å². The van der Waals surface area contributed by atoms with E-state index >= 15 is 0 Å². The van der Waals surface area contributed by atoms with E-state index in [0.29, 0.717) is 0 Å². The fourth-order valence-electron chi connectivity index (χ4n) is 4.09. The first-order valence-electron chi connectivity index (χ1n) is 10.5. The molecule has 0 unspecified atom stereocenters. The predicted molar refractivity (Wildman–Crippen MR) is 120 cm³/mol. The summed E-state index contributed by atoms with van der Waals surface area (Å²) in [4.78, 5) is 0. The van der Waals surface area contributed by atoms with E-state index in [1.807, 2.05) is 0 Å². The number of hydrogen-bond donors (Lipinski definition) is 0. The number of unbranched alkanes of at least 4 members (excludes halogenated alkanes) is 8. The quantitative estimate of drug-likeness (QED) is 0.286. The summed E-state index contributed by atoms with van der Waals surface area (Å²) in [6, 6.07) is 1.05. The van der Waals surface area contributed by atoms with E-state index in [1.165, 1.54) is 51.4 Å². The molecule has 1 heterocycles. The molecule has 0 N–H and O–H groups in total. The van der Waals surface area contributed by atoms with Gasteiger partial charge in [-0.25, -0.2) is 0 Å². The van der Waals surface area contributed by atoms with Crippen molar-refractivity contribution < 1.29 is 16.5 Å². The van der Waals surface area contributed by atoms with Crippen LogP contribution in [0.5, 0.6) is 0 Å². The molecule has 26 heavy (non-hydrogen) atoms. The first-order valence-corrected chi connectivity index (χ1v) is 21.5. The third-order valence-electron chi connectivity index (χ3n) is 4.54. The van der Waals surface area contributed by atoms with Gasteiger partial charge in [0.15, 0.2) is 0 Å². The Balaban J connectivity index is 2.45. The Kier molecular flexibility index (Phi) is 9.97. The molecule has 0 amide bonds. The second-order valence-corrected chi connectivity index (χ2v) is 23.6. The van der Waals surface area contributed by atoms with Crippen molar-refractivity contribution in [3.05, 3.63) is 6.92 Å². The fourth-order valence-corrected chi connectivity index (χ4v) is 25.8. The van der Waals surface area contributed by atoms with Crippen LogP contribution in [0.1, 0.15) is 57.8 Å². The average Bonchev–Trinajstić information content (AvgIpc) is 2.40. The van der Waals surface area contributed by atoms with Gasteiger partial charge in [0.05, 0.1) is 0 Å². The Morgan fingerprint density at radius 3 is 1.27 bits per heavy atom. The highest BCUT2D eigenvalue weighted by Crippen LogP contribution is 2.33. The Morgan fingerprint density at radius 2 is 0.846 bits per heavy atom. The van der Waals surface area contributed by atoms with Crippen molar-refractivity contribution in [1.82, 2.24) is 0 Å². The largest absolute Gasteiger partial charge is 0.416 e. The monoisotopic (exact) mass is 435 g/mol. The summed E-state index contributed by atoms with van der Waals surface area (Å²) in [6.07, 6.45) is 11.6. The third kappa shape index (κ3) is 10.3. The van der Waals surface area contributed by atoms with Gasteiger partial charge in [-0.2, -0.15) is 0 Å². The highest BCUT2D eigenvalue weighted by Gasteiger charge is 2.52. The molecule has 0 aliphatic carbocycles. The maximum atomic E-state index is 6.63. The minimum absolute atomic E-state index is 1.05. The van der Waals surface area contributed by atoms with Crippen molar-refractivity contribution in [3.8, 4) is 0 Å². The summed E-state index contributed by atoms with van der Waals surface area (Å²) in [6.45, 7) is 18.9. The molecule has 1 aliphatic rings. The molecule has 1 aliphatic heterocycles. The zero-order valence-electron chi connectivity index (χ0n) is 18.4. The topological polar surface area (TPSA) is 36.9 Å². The molecular weight excluding hydrogens is 393 g/mol. The molecule has 0 spiro atoms. The molecule has 0 atom stereocenters. The Morgan fingerprint density at radius 1 is 0.500 bits per heavy atom. The van der Waals surface area contributed by atoms with Gasteiger partial charge in [0.2, 0.25) is 0 Å². The maximum Gasteiger partial charge on any atom is 0.317 e. The fraction of sp³-hybridized carbons (Fsp3) is 0.944. The van der Waals surface area contributed by atoms with Crippen LogP contribution in [0, 0.1) is 6.92 Å². The first kappa shape index (κ1) is 24.7. The molecule has 0 aromatic carbocycles. The van der Waals surface area contributed by atoms with Crippen LogP contribution in [0.15, 0.2) is 0 Å². The van der Waals surface area contributed by atoms with E-state index in [4.69, 9.17) is 16.5 Å². The molecule has 1 fully saturated rings. The van der Waals surface area contributed by atoms with Crippen LogP contribution in [-0.4, -0.2) is 34.2 Å². The molecule has 0 aromatic heterocycles. The van der Waals surface area contributed by atoms with E-state index < -0.39 is 34.2 Å². The molecule has 0 bridgehead atoms. The zero-order valence-corrected chi connectivity index (χ0v) is 22.4. The van der Waals surface area contributed by atoms with Gasteiger partial charge in [-0.3, -0.25) is 0 Å². The summed E-state index contributed by atoms with van der Waals surface area (Å²) in [7, 11) is -8.85.